The van der Waals surface area contributed by atoms with Gasteiger partial charge in [-0.15, -0.1) is 0 Å². The number of allylic oxidation sites excluding steroid dienone is 6. The first-order chi connectivity index (χ1) is 16.2. The Labute approximate surface area is 193 Å². The second kappa shape index (κ2) is 7.47. The minimum Gasteiger partial charge on any atom is -0.508 e. The van der Waals surface area contributed by atoms with E-state index < -0.39 is 23.3 Å². The van der Waals surface area contributed by atoms with E-state index in [0.29, 0.717) is 27.9 Å². The molecule has 0 unspecified atom stereocenters. The number of Topliss-reactive ketones (excluding diaryl/α,β-unsaturated/α-hetero) is 1. The number of benzene rings is 1. The van der Waals surface area contributed by atoms with Crippen molar-refractivity contribution in [2.24, 2.45) is 7.05 Å². The zero-order valence-corrected chi connectivity index (χ0v) is 19.1. The number of ketones is 2. The highest BCUT2D eigenvalue weighted by Crippen LogP contribution is 2.54. The Hall–Kier alpha value is -4.08. The number of aromatic nitrogens is 3. The van der Waals surface area contributed by atoms with Crippen LogP contribution in [0.4, 0.5) is 0 Å². The molecule has 1 aromatic heterocycles. The number of methoxy groups -OCH3 is 2. The number of nitrogens with zero attached hydrogens (tertiary/aromatic N) is 3. The number of rotatable bonds is 3. The summed E-state index contributed by atoms with van der Waals surface area (Å²) in [5, 5.41) is 10.2. The van der Waals surface area contributed by atoms with Crippen LogP contribution in [-0.2, 0) is 23.2 Å². The predicted molar refractivity (Wildman–Crippen MR) is 120 cm³/mol. The lowest BCUT2D eigenvalue weighted by molar-refractivity contribution is -0.116. The fraction of sp³-hybridized carbons (Fsp3) is 0.333. The van der Waals surface area contributed by atoms with Gasteiger partial charge in [0.25, 0.3) is 0 Å². The van der Waals surface area contributed by atoms with Gasteiger partial charge in [0.05, 0.1) is 26.8 Å². The largest absolute Gasteiger partial charge is 0.508 e. The van der Waals surface area contributed by atoms with Gasteiger partial charge in [-0.1, -0.05) is 6.08 Å². The van der Waals surface area contributed by atoms with Crippen LogP contribution in [0.15, 0.2) is 56.2 Å². The Bertz CT molecular complexity index is 1470. The summed E-state index contributed by atoms with van der Waals surface area (Å²) in [6, 6.07) is 2.16. The standard InChI is InChI=1S/C24H23N3O7/c1-11-7-16(29)19-14(22(11)30)10-15-13(5-6-26-23(31)25(2)24(32)27(15)26)20(19)21-17(33-3)8-12(28)9-18(21)34-4/h5,7-9,15,20,28H,6,10H2,1-4H3/t15-,20+/m1/s1. The summed E-state index contributed by atoms with van der Waals surface area (Å²) in [5.41, 5.74) is 1.08. The molecule has 10 nitrogen and oxygen atoms in total. The molecule has 2 aliphatic carbocycles. The molecule has 3 aliphatic rings. The lowest BCUT2D eigenvalue weighted by Gasteiger charge is -2.40. The summed E-state index contributed by atoms with van der Waals surface area (Å²) in [6.45, 7) is 1.71. The summed E-state index contributed by atoms with van der Waals surface area (Å²) in [7, 11) is 4.27. The molecule has 2 heterocycles. The van der Waals surface area contributed by atoms with Crippen LogP contribution >= 0.6 is 0 Å². The molecule has 0 fully saturated rings. The quantitative estimate of drug-likeness (QED) is 0.533. The molecule has 176 valence electrons. The Morgan fingerprint density at radius 2 is 1.68 bits per heavy atom. The molecule has 1 N–H and O–H groups in total. The van der Waals surface area contributed by atoms with E-state index in [0.717, 1.165) is 4.57 Å². The smallest absolute Gasteiger partial charge is 0.347 e. The average Bonchev–Trinajstić information content (AvgIpc) is 3.04. The van der Waals surface area contributed by atoms with Gasteiger partial charge < -0.3 is 14.6 Å². The Balaban J connectivity index is 1.85. The summed E-state index contributed by atoms with van der Waals surface area (Å²) >= 11 is 0. The van der Waals surface area contributed by atoms with Gasteiger partial charge in [0, 0.05) is 53.8 Å². The van der Waals surface area contributed by atoms with Crippen molar-refractivity contribution >= 4 is 11.6 Å². The van der Waals surface area contributed by atoms with Crippen LogP contribution in [0.5, 0.6) is 17.2 Å². The first kappa shape index (κ1) is 21.7. The number of aromatic hydroxyl groups is 1. The lowest BCUT2D eigenvalue weighted by atomic mass is 9.67. The summed E-state index contributed by atoms with van der Waals surface area (Å²) in [6.07, 6.45) is 3.23. The van der Waals surface area contributed by atoms with Crippen molar-refractivity contribution < 1.29 is 24.2 Å². The van der Waals surface area contributed by atoms with Gasteiger partial charge in [0.2, 0.25) is 0 Å². The summed E-state index contributed by atoms with van der Waals surface area (Å²) in [4.78, 5) is 52.2. The Morgan fingerprint density at radius 1 is 1.03 bits per heavy atom. The first-order valence-electron chi connectivity index (χ1n) is 10.7. The maximum Gasteiger partial charge on any atom is 0.347 e. The first-order valence-corrected chi connectivity index (χ1v) is 10.7. The number of carbonyl (C=O) groups is 2. The highest BCUT2D eigenvalue weighted by molar-refractivity contribution is 6.23. The molecule has 0 amide bonds. The molecule has 0 radical (unpaired) electrons. The fourth-order valence-electron chi connectivity index (χ4n) is 5.30. The molecule has 0 saturated carbocycles. The molecule has 2 aromatic rings. The summed E-state index contributed by atoms with van der Waals surface area (Å²) in [5.74, 6) is -0.923. The molecule has 1 aromatic carbocycles. The second-order valence-corrected chi connectivity index (χ2v) is 8.58. The molecule has 2 atom stereocenters. The van der Waals surface area contributed by atoms with E-state index in [1.165, 1.54) is 48.8 Å². The van der Waals surface area contributed by atoms with Crippen LogP contribution in [0.25, 0.3) is 0 Å². The number of phenols is 1. The van der Waals surface area contributed by atoms with E-state index in [2.05, 4.69) is 0 Å². The van der Waals surface area contributed by atoms with Gasteiger partial charge >= 0.3 is 11.4 Å². The van der Waals surface area contributed by atoms with E-state index in [9.17, 15) is 24.3 Å². The number of hydrogen-bond acceptors (Lipinski definition) is 7. The van der Waals surface area contributed by atoms with E-state index in [-0.39, 0.29) is 41.8 Å². The normalized spacial score (nSPS) is 21.4. The zero-order valence-electron chi connectivity index (χ0n) is 19.1. The molecule has 1 aliphatic heterocycles. The molecule has 0 bridgehead atoms. The molecule has 34 heavy (non-hydrogen) atoms. The fourth-order valence-corrected chi connectivity index (χ4v) is 5.30. The number of fused-ring (bicyclic) bond motifs is 3. The zero-order chi connectivity index (χ0) is 24.5. The Morgan fingerprint density at radius 3 is 2.29 bits per heavy atom. The van der Waals surface area contributed by atoms with E-state index >= 15 is 0 Å². The third-order valence-electron chi connectivity index (χ3n) is 6.84. The minimum atomic E-state index is -0.781. The van der Waals surface area contributed by atoms with Crippen molar-refractivity contribution in [1.29, 1.82) is 0 Å². The van der Waals surface area contributed by atoms with Crippen molar-refractivity contribution in [1.82, 2.24) is 13.9 Å². The second-order valence-electron chi connectivity index (χ2n) is 8.58. The van der Waals surface area contributed by atoms with Gasteiger partial charge in [0.15, 0.2) is 11.6 Å². The van der Waals surface area contributed by atoms with Crippen LogP contribution in [0, 0.1) is 0 Å². The molecular weight excluding hydrogens is 442 g/mol. The molecule has 0 saturated heterocycles. The molecule has 10 heteroatoms. The number of carbonyl (C=O) groups excluding carboxylic acids is 2. The number of hydrogen-bond donors (Lipinski definition) is 1. The van der Waals surface area contributed by atoms with E-state index in [1.807, 2.05) is 6.08 Å². The topological polar surface area (TPSA) is 122 Å². The van der Waals surface area contributed by atoms with E-state index in [1.54, 1.807) is 6.92 Å². The Kier molecular flexibility index (Phi) is 4.78. The van der Waals surface area contributed by atoms with E-state index in [4.69, 9.17) is 9.47 Å². The van der Waals surface area contributed by atoms with Crippen LogP contribution in [0.1, 0.15) is 30.9 Å². The van der Waals surface area contributed by atoms with Crippen LogP contribution in [-0.4, -0.2) is 44.8 Å². The van der Waals surface area contributed by atoms with Crippen LogP contribution in [0.3, 0.4) is 0 Å². The minimum absolute atomic E-state index is 0.0912. The summed E-state index contributed by atoms with van der Waals surface area (Å²) < 4.78 is 14.8. The third kappa shape index (κ3) is 2.81. The van der Waals surface area contributed by atoms with Crippen molar-refractivity contribution in [3.8, 4) is 17.2 Å². The van der Waals surface area contributed by atoms with Gasteiger partial charge in [-0.25, -0.2) is 23.5 Å². The SMILES string of the molecule is COc1cc(O)cc(OC)c1[C@H]1C2=CCn3c(=O)n(C)c(=O)n3[C@@H]2CC2=C1C(=O)C=C(C)C2=O. The maximum atomic E-state index is 13.3. The predicted octanol–water partition coefficient (Wildman–Crippen LogP) is 1.13. The third-order valence-corrected chi connectivity index (χ3v) is 6.84. The van der Waals surface area contributed by atoms with Crippen LogP contribution in [0.2, 0.25) is 0 Å². The van der Waals surface area contributed by atoms with Crippen molar-refractivity contribution in [3.05, 3.63) is 73.1 Å². The monoisotopic (exact) mass is 465 g/mol. The molecular formula is C24H23N3O7. The van der Waals surface area contributed by atoms with Gasteiger partial charge in [-0.2, -0.15) is 0 Å². The van der Waals surface area contributed by atoms with Gasteiger partial charge in [0.1, 0.15) is 17.2 Å². The van der Waals surface area contributed by atoms with Crippen LogP contribution < -0.4 is 20.9 Å². The number of phenolic OH excluding ortho intramolecular Hbond substituents is 1. The van der Waals surface area contributed by atoms with Gasteiger partial charge in [-0.3, -0.25) is 9.59 Å². The highest BCUT2D eigenvalue weighted by atomic mass is 16.5. The highest BCUT2D eigenvalue weighted by Gasteiger charge is 2.46. The van der Waals surface area contributed by atoms with Crippen molar-refractivity contribution in [2.45, 2.75) is 31.8 Å². The lowest BCUT2D eigenvalue weighted by Crippen LogP contribution is -2.41. The molecule has 0 spiro atoms. The average molecular weight is 465 g/mol. The van der Waals surface area contributed by atoms with Crippen molar-refractivity contribution in [2.75, 3.05) is 14.2 Å². The number of ether oxygens (including phenoxy) is 2. The van der Waals surface area contributed by atoms with Gasteiger partial charge in [-0.05, 0) is 18.6 Å². The maximum absolute atomic E-state index is 13.3. The molecule has 5 rings (SSSR count). The van der Waals surface area contributed by atoms with Crippen molar-refractivity contribution in [3.63, 3.8) is 0 Å².